The highest BCUT2D eigenvalue weighted by molar-refractivity contribution is 7.45. The van der Waals surface area contributed by atoms with Crippen molar-refractivity contribution in [2.45, 2.75) is 65.3 Å². The lowest BCUT2D eigenvalue weighted by Gasteiger charge is -2.25. The maximum atomic E-state index is 8.88. The van der Waals surface area contributed by atoms with Gasteiger partial charge in [0.2, 0.25) is 0 Å². The first-order valence-electron chi connectivity index (χ1n) is 11.4. The number of phosphoric acid groups is 1. The maximum Gasteiger partial charge on any atom is 0.466 e. The van der Waals surface area contributed by atoms with E-state index >= 15 is 0 Å². The highest BCUT2D eigenvalue weighted by Gasteiger charge is 2.19. The van der Waals surface area contributed by atoms with E-state index in [1.54, 1.807) is 7.11 Å². The Labute approximate surface area is 191 Å². The highest BCUT2D eigenvalue weighted by atomic mass is 31.2. The van der Waals surface area contributed by atoms with Crippen LogP contribution in [0, 0.1) is 0 Å². The molecule has 2 aromatic rings. The number of fused-ring (bicyclic) bond motifs is 2. The van der Waals surface area contributed by atoms with Gasteiger partial charge in [0.05, 0.1) is 12.6 Å². The summed E-state index contributed by atoms with van der Waals surface area (Å²) in [6.07, 6.45) is 7.14. The molecule has 180 valence electrons. The Bertz CT molecular complexity index is 906. The van der Waals surface area contributed by atoms with E-state index in [-0.39, 0.29) is 0 Å². The molecule has 1 atom stereocenters. The molecular formula is C23H38N3O5P. The highest BCUT2D eigenvalue weighted by Crippen LogP contribution is 2.35. The Kier molecular flexibility index (Phi) is 10.4. The van der Waals surface area contributed by atoms with Crippen molar-refractivity contribution in [2.75, 3.05) is 32.1 Å². The van der Waals surface area contributed by atoms with E-state index in [4.69, 9.17) is 29.0 Å². The number of methoxy groups -OCH3 is 1. The van der Waals surface area contributed by atoms with Gasteiger partial charge < -0.3 is 29.6 Å². The summed E-state index contributed by atoms with van der Waals surface area (Å²) >= 11 is 0. The standard InChI is InChI=1S/C23H35N3O.H3O4P/c1-5-26(6-2)15-9-10-17(3)24-23-19-11-7-8-12-21(19)25-22-14-13-18(27-4)16-20(22)23;1-5(2,3)4/h13-14,16-17H,5-12,15H2,1-4H3,(H,24,25);(H3,1,2,3,4). The van der Waals surface area contributed by atoms with Gasteiger partial charge in [0, 0.05) is 22.8 Å². The van der Waals surface area contributed by atoms with E-state index in [0.29, 0.717) is 6.04 Å². The zero-order valence-corrected chi connectivity index (χ0v) is 20.6. The quantitative estimate of drug-likeness (QED) is 0.407. The van der Waals surface area contributed by atoms with Crippen molar-refractivity contribution in [3.8, 4) is 5.75 Å². The third kappa shape index (κ3) is 8.34. The van der Waals surface area contributed by atoms with Gasteiger partial charge in [-0.05, 0) is 88.8 Å². The predicted molar refractivity (Wildman–Crippen MR) is 129 cm³/mol. The lowest BCUT2D eigenvalue weighted by molar-refractivity contribution is 0.275. The molecule has 0 amide bonds. The molecule has 9 heteroatoms. The van der Waals surface area contributed by atoms with Gasteiger partial charge in [-0.2, -0.15) is 0 Å². The van der Waals surface area contributed by atoms with Crippen LogP contribution in [0.2, 0.25) is 0 Å². The van der Waals surface area contributed by atoms with Gasteiger partial charge >= 0.3 is 7.82 Å². The molecule has 3 rings (SSSR count). The minimum absolute atomic E-state index is 0.448. The van der Waals surface area contributed by atoms with Crippen LogP contribution in [0.4, 0.5) is 5.69 Å². The monoisotopic (exact) mass is 467 g/mol. The molecule has 0 bridgehead atoms. The number of aryl methyl sites for hydroxylation is 1. The average molecular weight is 468 g/mol. The number of pyridine rings is 1. The molecule has 32 heavy (non-hydrogen) atoms. The zero-order valence-electron chi connectivity index (χ0n) is 19.7. The van der Waals surface area contributed by atoms with Gasteiger partial charge in [0.1, 0.15) is 5.75 Å². The number of ether oxygens (including phenoxy) is 1. The number of hydrogen-bond donors (Lipinski definition) is 4. The molecule has 1 aliphatic carbocycles. The van der Waals surface area contributed by atoms with Crippen LogP contribution < -0.4 is 10.1 Å². The largest absolute Gasteiger partial charge is 0.497 e. The van der Waals surface area contributed by atoms with Crippen LogP contribution in [-0.4, -0.2) is 57.4 Å². The molecule has 1 unspecified atom stereocenters. The Morgan fingerprint density at radius 1 is 1.19 bits per heavy atom. The van der Waals surface area contributed by atoms with Crippen LogP contribution in [0.5, 0.6) is 5.75 Å². The van der Waals surface area contributed by atoms with E-state index in [0.717, 1.165) is 37.2 Å². The topological polar surface area (TPSA) is 115 Å². The van der Waals surface area contributed by atoms with Crippen molar-refractivity contribution >= 4 is 24.4 Å². The lowest BCUT2D eigenvalue weighted by Crippen LogP contribution is -2.26. The van der Waals surface area contributed by atoms with Crippen molar-refractivity contribution in [1.29, 1.82) is 0 Å². The summed E-state index contributed by atoms with van der Waals surface area (Å²) in [5.41, 5.74) is 5.09. The SMILES string of the molecule is CCN(CC)CCCC(C)Nc1c2c(nc3ccc(OC)cc13)CCCC2.O=P(O)(O)O. The van der Waals surface area contributed by atoms with E-state index in [1.165, 1.54) is 54.6 Å². The Hall–Kier alpha value is -1.70. The summed E-state index contributed by atoms with van der Waals surface area (Å²) in [6.45, 7) is 10.3. The third-order valence-corrected chi connectivity index (χ3v) is 5.87. The molecule has 0 saturated heterocycles. The van der Waals surface area contributed by atoms with Crippen LogP contribution in [0.1, 0.15) is 57.7 Å². The normalized spacial score (nSPS) is 14.5. The number of nitrogens with zero attached hydrogens (tertiary/aromatic N) is 2. The molecule has 0 saturated carbocycles. The van der Waals surface area contributed by atoms with Crippen molar-refractivity contribution in [3.05, 3.63) is 29.5 Å². The van der Waals surface area contributed by atoms with Crippen molar-refractivity contribution in [2.24, 2.45) is 0 Å². The van der Waals surface area contributed by atoms with Gasteiger partial charge in [-0.3, -0.25) is 4.98 Å². The molecule has 0 radical (unpaired) electrons. The van der Waals surface area contributed by atoms with E-state index in [1.807, 2.05) is 6.07 Å². The Morgan fingerprint density at radius 3 is 2.47 bits per heavy atom. The smallest absolute Gasteiger partial charge is 0.466 e. The Morgan fingerprint density at radius 2 is 1.84 bits per heavy atom. The second kappa shape index (κ2) is 12.5. The summed E-state index contributed by atoms with van der Waals surface area (Å²) in [7, 11) is -2.91. The fourth-order valence-corrected chi connectivity index (χ4v) is 4.17. The molecule has 4 N–H and O–H groups in total. The molecule has 0 fully saturated rings. The van der Waals surface area contributed by atoms with Crippen LogP contribution in [0.3, 0.4) is 0 Å². The summed E-state index contributed by atoms with van der Waals surface area (Å²) in [4.78, 5) is 29.0. The summed E-state index contributed by atoms with van der Waals surface area (Å²) < 4.78 is 14.4. The molecule has 1 aromatic carbocycles. The number of aromatic nitrogens is 1. The molecule has 1 aliphatic rings. The number of benzene rings is 1. The minimum Gasteiger partial charge on any atom is -0.497 e. The van der Waals surface area contributed by atoms with Crippen molar-refractivity contribution in [3.63, 3.8) is 0 Å². The Balaban J connectivity index is 0.000000654. The molecule has 8 nitrogen and oxygen atoms in total. The lowest BCUT2D eigenvalue weighted by atomic mass is 9.92. The number of anilines is 1. The van der Waals surface area contributed by atoms with Crippen LogP contribution in [0.15, 0.2) is 18.2 Å². The van der Waals surface area contributed by atoms with Crippen molar-refractivity contribution < 1.29 is 24.0 Å². The van der Waals surface area contributed by atoms with Gasteiger partial charge in [-0.1, -0.05) is 13.8 Å². The van der Waals surface area contributed by atoms with Crippen molar-refractivity contribution in [1.82, 2.24) is 9.88 Å². The first-order chi connectivity index (χ1) is 15.2. The molecule has 0 aliphatic heterocycles. The number of rotatable bonds is 9. The fraction of sp³-hybridized carbons (Fsp3) is 0.609. The summed E-state index contributed by atoms with van der Waals surface area (Å²) in [6, 6.07) is 6.70. The average Bonchev–Trinajstić information content (AvgIpc) is 2.75. The molecule has 1 aromatic heterocycles. The first kappa shape index (κ1) is 26.6. The number of hydrogen-bond acceptors (Lipinski definition) is 5. The minimum atomic E-state index is -4.64. The summed E-state index contributed by atoms with van der Waals surface area (Å²) in [5, 5.41) is 5.06. The second-order valence-electron chi connectivity index (χ2n) is 8.23. The molecule has 1 heterocycles. The maximum absolute atomic E-state index is 8.88. The predicted octanol–water partition coefficient (Wildman–Crippen LogP) is 4.12. The van der Waals surface area contributed by atoms with Crippen LogP contribution in [0.25, 0.3) is 10.9 Å². The van der Waals surface area contributed by atoms with Gasteiger partial charge in [-0.15, -0.1) is 0 Å². The fourth-order valence-electron chi connectivity index (χ4n) is 4.17. The second-order valence-corrected chi connectivity index (χ2v) is 9.26. The molecule has 0 spiro atoms. The van der Waals surface area contributed by atoms with Gasteiger partial charge in [0.15, 0.2) is 0 Å². The summed E-state index contributed by atoms with van der Waals surface area (Å²) in [5.74, 6) is 0.900. The number of nitrogens with one attached hydrogen (secondary N) is 1. The van der Waals surface area contributed by atoms with E-state index in [9.17, 15) is 0 Å². The third-order valence-electron chi connectivity index (χ3n) is 5.87. The van der Waals surface area contributed by atoms with E-state index in [2.05, 4.69) is 43.1 Å². The van der Waals surface area contributed by atoms with E-state index < -0.39 is 7.82 Å². The zero-order chi connectivity index (χ0) is 23.7. The van der Waals surface area contributed by atoms with Gasteiger partial charge in [0.25, 0.3) is 0 Å². The van der Waals surface area contributed by atoms with Gasteiger partial charge in [-0.25, -0.2) is 4.57 Å². The van der Waals surface area contributed by atoms with Crippen LogP contribution >= 0.6 is 7.82 Å². The van der Waals surface area contributed by atoms with Crippen LogP contribution in [-0.2, 0) is 17.4 Å². The first-order valence-corrected chi connectivity index (χ1v) is 13.0. The molecular weight excluding hydrogens is 429 g/mol.